The number of carbonyl (C=O) groups is 6. The summed E-state index contributed by atoms with van der Waals surface area (Å²) >= 11 is 0. The van der Waals surface area contributed by atoms with Crippen molar-refractivity contribution in [1.29, 1.82) is 0 Å². The van der Waals surface area contributed by atoms with Gasteiger partial charge in [0, 0.05) is 107 Å². The molecule has 7 N–H and O–H groups in total. The molecular weight excluding hydrogens is 1560 g/mol. The minimum atomic E-state index is -0.914. The number of likely N-dealkylation sites (tertiary alicyclic amines) is 3. The summed E-state index contributed by atoms with van der Waals surface area (Å²) in [5, 5.41) is 40.8. The van der Waals surface area contributed by atoms with Crippen LogP contribution in [0.15, 0.2) is 249 Å². The lowest BCUT2D eigenvalue weighted by Crippen LogP contribution is -2.41. The first-order valence-electron chi connectivity index (χ1n) is 42.7. The molecule has 3 aromatic heterocycles. The Morgan fingerprint density at radius 1 is 0.419 bits per heavy atom. The van der Waals surface area contributed by atoms with Gasteiger partial charge in [-0.2, -0.15) is 0 Å². The van der Waals surface area contributed by atoms with Crippen LogP contribution in [0.2, 0.25) is 0 Å². The number of allylic oxidation sites excluding steroid dienone is 4. The average molecular weight is 1670 g/mol. The van der Waals surface area contributed by atoms with Gasteiger partial charge >= 0.3 is 0 Å². The predicted octanol–water partition coefficient (Wildman–Crippen LogP) is 13.5. The molecule has 10 atom stereocenters. The first kappa shape index (κ1) is 85.0. The Bertz CT molecular complexity index is 5780. The van der Waals surface area contributed by atoms with E-state index in [1.54, 1.807) is 21.3 Å². The van der Waals surface area contributed by atoms with E-state index in [4.69, 9.17) is 29.2 Å². The summed E-state index contributed by atoms with van der Waals surface area (Å²) in [6.45, 7) is 4.57. The molecule has 1 unspecified atom stereocenters. The smallest absolute Gasteiger partial charge is 0.247 e. The van der Waals surface area contributed by atoms with Crippen molar-refractivity contribution in [1.82, 2.24) is 55.9 Å². The summed E-state index contributed by atoms with van der Waals surface area (Å²) < 4.78 is 18.7. The average Bonchev–Trinajstić information content (AvgIpc) is 1.57. The van der Waals surface area contributed by atoms with Crippen molar-refractivity contribution < 1.29 is 63.7 Å². The zero-order chi connectivity index (χ0) is 86.2. The van der Waals surface area contributed by atoms with E-state index >= 15 is 0 Å². The number of aromatic nitrogens is 3. The number of hydroxylamine groups is 3. The van der Waals surface area contributed by atoms with Gasteiger partial charge in [-0.1, -0.05) is 176 Å². The fourth-order valence-electron chi connectivity index (χ4n) is 18.6. The number of fused-ring (bicyclic) bond motifs is 3. The molecule has 0 bridgehead atoms. The van der Waals surface area contributed by atoms with E-state index in [1.165, 1.54) is 0 Å². The third kappa shape index (κ3) is 18.7. The molecule has 3 saturated carbocycles. The number of hydrogen-bond donors (Lipinski definition) is 7. The summed E-state index contributed by atoms with van der Waals surface area (Å²) in [5.41, 5.74) is 16.4. The third-order valence-corrected chi connectivity index (χ3v) is 26.0. The number of para-hydroxylation sites is 3. The molecule has 638 valence electrons. The Balaban J connectivity index is 0.000000138. The van der Waals surface area contributed by atoms with Gasteiger partial charge in [-0.3, -0.25) is 49.4 Å². The van der Waals surface area contributed by atoms with Gasteiger partial charge in [0.2, 0.25) is 35.4 Å². The number of nitrogens with zero attached hydrogens (tertiary/aromatic N) is 8. The van der Waals surface area contributed by atoms with Crippen molar-refractivity contribution in [3.8, 4) is 39.8 Å². The number of carbonyl (C=O) groups excluding carboxylic acids is 6. The van der Waals surface area contributed by atoms with E-state index in [0.717, 1.165) is 125 Å². The van der Waals surface area contributed by atoms with Crippen LogP contribution in [-0.4, -0.2) is 181 Å². The number of aliphatic hydroxyl groups excluding tert-OH is 1. The molecule has 7 aliphatic rings. The van der Waals surface area contributed by atoms with E-state index in [-0.39, 0.29) is 30.2 Å². The molecule has 6 amide bonds. The van der Waals surface area contributed by atoms with Crippen LogP contribution in [0.25, 0.3) is 55.2 Å². The number of pyridine rings is 3. The fourth-order valence-corrected chi connectivity index (χ4v) is 18.6. The quantitative estimate of drug-likeness (QED) is 0.0196. The van der Waals surface area contributed by atoms with Gasteiger partial charge < -0.3 is 43.8 Å². The zero-order valence-electron chi connectivity index (χ0n) is 70.2. The molecule has 0 spiro atoms. The lowest BCUT2D eigenvalue weighted by Gasteiger charge is -2.25. The first-order valence-corrected chi connectivity index (χ1v) is 42.7. The number of amides is 6. The minimum absolute atomic E-state index is 0.000406. The number of benzene rings is 8. The minimum Gasteiger partial charge on any atom is -0.489 e. The third-order valence-electron chi connectivity index (χ3n) is 26.0. The summed E-state index contributed by atoms with van der Waals surface area (Å²) in [5.74, 6) is -0.954. The van der Waals surface area contributed by atoms with Crippen LogP contribution >= 0.6 is 0 Å². The second kappa shape index (κ2) is 37.3. The van der Waals surface area contributed by atoms with Crippen LogP contribution in [-0.2, 0) is 67.9 Å². The molecule has 6 heterocycles. The van der Waals surface area contributed by atoms with Gasteiger partial charge in [-0.05, 0) is 182 Å². The number of hydrogen-bond acceptors (Lipinski definition) is 18. The number of likely N-dealkylation sites (N-methyl/N-ethyl adjacent to an activating group) is 2. The van der Waals surface area contributed by atoms with Gasteiger partial charge in [0.05, 0.1) is 68.0 Å². The second-order valence-electron chi connectivity index (χ2n) is 34.5. The van der Waals surface area contributed by atoms with Gasteiger partial charge in [-0.25, -0.2) is 26.4 Å². The topological polar surface area (TPSA) is 302 Å². The molecule has 124 heavy (non-hydrogen) atoms. The van der Waals surface area contributed by atoms with Crippen molar-refractivity contribution in [2.75, 3.05) is 67.5 Å². The van der Waals surface area contributed by atoms with Crippen LogP contribution in [0, 0.1) is 34.0 Å². The molecule has 3 aliphatic heterocycles. The first-order chi connectivity index (χ1) is 60.2. The highest BCUT2D eigenvalue weighted by Gasteiger charge is 2.67. The van der Waals surface area contributed by atoms with E-state index in [0.29, 0.717) is 115 Å². The van der Waals surface area contributed by atoms with Crippen LogP contribution in [0.4, 0.5) is 0 Å². The van der Waals surface area contributed by atoms with Gasteiger partial charge in [-0.15, -0.1) is 0 Å². The predicted molar refractivity (Wildman–Crippen MR) is 471 cm³/mol. The summed E-state index contributed by atoms with van der Waals surface area (Å²) in [7, 11) is 8.10. The van der Waals surface area contributed by atoms with Gasteiger partial charge in [0.1, 0.15) is 37.1 Å². The number of nitrogens with one attached hydrogen (secondary N) is 3. The maximum absolute atomic E-state index is 13.7. The molecule has 0 radical (unpaired) electrons. The molecule has 24 nitrogen and oxygen atoms in total. The molecule has 11 aromatic rings. The molecule has 6 fully saturated rings. The Morgan fingerprint density at radius 2 is 0.766 bits per heavy atom. The zero-order valence-corrected chi connectivity index (χ0v) is 70.2. The van der Waals surface area contributed by atoms with Gasteiger partial charge in [0.15, 0.2) is 0 Å². The van der Waals surface area contributed by atoms with Crippen molar-refractivity contribution in [3.63, 3.8) is 0 Å². The molecule has 8 aromatic carbocycles. The Labute approximate surface area is 721 Å². The fraction of sp³-hybridized carbons (Fsp3) is 0.330. The Kier molecular flexibility index (Phi) is 25.5. The van der Waals surface area contributed by atoms with Crippen LogP contribution in [0.5, 0.6) is 17.2 Å². The standard InChI is InChI=1S/C34H38N4O4.C34H36N4O4.C32H31N3O5/c2*1-37(2)26-16-17-38(21-26)33(40)34(20-29(34)32(39)36-41)19-23-12-14-27(15-13-23)42-22-25-18-31(24-8-4-3-5-9-24)35-30-11-7-6-10-28(25)30;36-24-14-15-35(19-24)31(38)32(18-27(32)30(37)34-39)17-21-10-12-25(13-11-21)40-20-23-16-29(22-6-2-1-3-7-22)33-28-9-5-4-8-26(23)28/h3-8,10-15,18,24,26,29,41H,9,16-17,19-22H2,1-2H3,(H,36,39);3-15,18,26,29,41H,16-17,19-22H2,1-2H3,(H,36,39);1-13,16,24,27,36,39H,14-15,17-20H2,(H,34,37)/t24?,26-,29+,34-;26-,29-,34+;24-,27-,32+/m011/s1. The number of rotatable bonds is 26. The van der Waals surface area contributed by atoms with Gasteiger partial charge in [0.25, 0.3) is 0 Å². The summed E-state index contributed by atoms with van der Waals surface area (Å²) in [6.07, 6.45) is 13.7. The summed E-state index contributed by atoms with van der Waals surface area (Å²) in [6, 6.07) is 74.5. The van der Waals surface area contributed by atoms with Crippen molar-refractivity contribution in [2.24, 2.45) is 34.0 Å². The van der Waals surface area contributed by atoms with E-state index in [9.17, 15) is 49.5 Å². The van der Waals surface area contributed by atoms with Crippen LogP contribution in [0.3, 0.4) is 0 Å². The largest absolute Gasteiger partial charge is 0.489 e. The maximum Gasteiger partial charge on any atom is 0.247 e. The molecule has 18 rings (SSSR count). The molecule has 24 heteroatoms. The van der Waals surface area contributed by atoms with E-state index in [2.05, 4.69) is 76.6 Å². The summed E-state index contributed by atoms with van der Waals surface area (Å²) in [4.78, 5) is 102. The van der Waals surface area contributed by atoms with Crippen molar-refractivity contribution in [3.05, 3.63) is 288 Å². The highest BCUT2D eigenvalue weighted by Crippen LogP contribution is 2.59. The van der Waals surface area contributed by atoms with Crippen molar-refractivity contribution in [2.45, 2.75) is 108 Å². The lowest BCUT2D eigenvalue weighted by atomic mass is 9.92. The van der Waals surface area contributed by atoms with E-state index < -0.39 is 57.8 Å². The SMILES string of the molecule is CN(C)[C@@H]1CCN(C(=O)[C@@]2(Cc3ccc(OCc4cc(-c5ccccc5)nc5ccccc45)cc3)C[C@@H]2C(=O)NO)C1.CN(C)[C@H]1CCN(C(=O)[C@@]2(Cc3ccc(OCc4cc(C5C=CC=CC5)nc5ccccc45)cc3)C[C@@H]2C(=O)NO)C1.O=C(NO)[C@H]1C[C@]1(Cc1ccc(OCc2cc(-c3ccccc3)nc3ccccc23)cc1)C(=O)N1CC[C@@H](O)C1. The monoisotopic (exact) mass is 1670 g/mol. The van der Waals surface area contributed by atoms with Crippen LogP contribution in [0.1, 0.15) is 89.9 Å². The number of aliphatic hydroxyl groups is 1. The second-order valence-corrected chi connectivity index (χ2v) is 34.5. The lowest BCUT2D eigenvalue weighted by molar-refractivity contribution is -0.140. The highest BCUT2D eigenvalue weighted by atomic mass is 16.5. The van der Waals surface area contributed by atoms with Crippen molar-refractivity contribution >= 4 is 68.2 Å². The highest BCUT2D eigenvalue weighted by molar-refractivity contribution is 5.98. The van der Waals surface area contributed by atoms with E-state index in [1.807, 2.05) is 220 Å². The normalized spacial score (nSPS) is 22.7. The number of ether oxygens (including phenoxy) is 3. The molecule has 3 saturated heterocycles. The maximum atomic E-state index is 13.7. The molecule has 4 aliphatic carbocycles. The molecular formula is C100H105N11O13. The Hall–Kier alpha value is -12.6. The number of β-amino-alcohol motifs (C(OH)–C–C–N with tert-alkyl or cyclic N) is 1. The van der Waals surface area contributed by atoms with Crippen LogP contribution < -0.4 is 30.7 Å². The Morgan fingerprint density at radius 3 is 1.10 bits per heavy atom.